The number of anilines is 1. The molecule has 3 aliphatic heterocycles. The molecule has 3 aliphatic rings. The average molecular weight is 507 g/mol. The van der Waals surface area contributed by atoms with Crippen LogP contribution in [0.2, 0.25) is 0 Å². The number of nitrogens with zero attached hydrogens (tertiary/aromatic N) is 1. The van der Waals surface area contributed by atoms with Crippen molar-refractivity contribution in [2.45, 2.75) is 63.8 Å². The number of aliphatic hydroxyl groups is 1. The van der Waals surface area contributed by atoms with Crippen LogP contribution in [0, 0.1) is 25.7 Å². The van der Waals surface area contributed by atoms with E-state index in [-0.39, 0.29) is 19.1 Å². The van der Waals surface area contributed by atoms with Crippen LogP contribution in [0.15, 0.2) is 48.5 Å². The lowest BCUT2D eigenvalue weighted by atomic mass is 9.66. The first kappa shape index (κ1) is 25.4. The Bertz CT molecular complexity index is 1230. The molecule has 8 nitrogen and oxygen atoms in total. The molecule has 0 aliphatic carbocycles. The van der Waals surface area contributed by atoms with Gasteiger partial charge in [0.25, 0.3) is 0 Å². The van der Waals surface area contributed by atoms with Gasteiger partial charge in [0.1, 0.15) is 17.6 Å². The maximum atomic E-state index is 14.2. The van der Waals surface area contributed by atoms with Gasteiger partial charge in [-0.2, -0.15) is 0 Å². The van der Waals surface area contributed by atoms with Crippen LogP contribution in [-0.4, -0.2) is 58.2 Å². The molecule has 0 aromatic heterocycles. The molecule has 2 bridgehead atoms. The zero-order valence-corrected chi connectivity index (χ0v) is 21.7. The van der Waals surface area contributed by atoms with Gasteiger partial charge in [0, 0.05) is 5.69 Å². The van der Waals surface area contributed by atoms with E-state index in [1.54, 1.807) is 6.92 Å². The topological polar surface area (TPSA) is 105 Å². The Morgan fingerprint density at radius 3 is 2.59 bits per heavy atom. The summed E-state index contributed by atoms with van der Waals surface area (Å²) >= 11 is 0. The van der Waals surface area contributed by atoms with Gasteiger partial charge in [0.15, 0.2) is 0 Å². The SMILES string of the molecule is CCOC(=O)[C@@H]1[C@H]2C(=O)N([C@H](CO)c3ccccc3)C(C(=O)Nc3cc(C)ccc3C)C23CC[C@@]1(C)O3. The third kappa shape index (κ3) is 3.85. The first-order valence-electron chi connectivity index (χ1n) is 12.9. The Labute approximate surface area is 216 Å². The molecule has 3 fully saturated rings. The fraction of sp³-hybridized carbons (Fsp3) is 0.483. The van der Waals surface area contributed by atoms with Crippen LogP contribution >= 0.6 is 0 Å². The van der Waals surface area contributed by atoms with Gasteiger partial charge in [-0.1, -0.05) is 42.5 Å². The highest BCUT2D eigenvalue weighted by Gasteiger charge is 2.78. The molecule has 2 aromatic rings. The van der Waals surface area contributed by atoms with Gasteiger partial charge < -0.3 is 24.8 Å². The zero-order chi connectivity index (χ0) is 26.5. The number of hydrogen-bond acceptors (Lipinski definition) is 6. The number of nitrogens with one attached hydrogen (secondary N) is 1. The minimum Gasteiger partial charge on any atom is -0.466 e. The Morgan fingerprint density at radius 1 is 1.19 bits per heavy atom. The van der Waals surface area contributed by atoms with E-state index < -0.39 is 47.0 Å². The van der Waals surface area contributed by atoms with E-state index in [1.807, 2.05) is 69.3 Å². The lowest BCUT2D eigenvalue weighted by Gasteiger charge is -2.37. The Kier molecular flexibility index (Phi) is 6.36. The molecule has 2 aromatic carbocycles. The molecule has 5 rings (SSSR count). The summed E-state index contributed by atoms with van der Waals surface area (Å²) in [5, 5.41) is 13.5. The Balaban J connectivity index is 1.62. The summed E-state index contributed by atoms with van der Waals surface area (Å²) in [6.45, 7) is 7.21. The largest absolute Gasteiger partial charge is 0.466 e. The van der Waals surface area contributed by atoms with E-state index in [2.05, 4.69) is 5.32 Å². The number of aliphatic hydroxyl groups excluding tert-OH is 1. The highest BCUT2D eigenvalue weighted by molar-refractivity contribution is 6.04. The van der Waals surface area contributed by atoms with Crippen LogP contribution in [0.1, 0.15) is 49.4 Å². The summed E-state index contributed by atoms with van der Waals surface area (Å²) < 4.78 is 12.0. The molecule has 2 N–H and O–H groups in total. The van der Waals surface area contributed by atoms with Gasteiger partial charge in [-0.25, -0.2) is 0 Å². The highest BCUT2D eigenvalue weighted by Crippen LogP contribution is 2.64. The summed E-state index contributed by atoms with van der Waals surface area (Å²) in [5.74, 6) is -2.96. The molecule has 3 heterocycles. The monoisotopic (exact) mass is 506 g/mol. The van der Waals surface area contributed by atoms with E-state index in [0.717, 1.165) is 11.1 Å². The fourth-order valence-electron chi connectivity index (χ4n) is 6.69. The Hall–Kier alpha value is -3.23. The minimum atomic E-state index is -1.20. The third-order valence-corrected chi connectivity index (χ3v) is 8.35. The molecule has 196 valence electrons. The molecule has 0 radical (unpaired) electrons. The third-order valence-electron chi connectivity index (χ3n) is 8.35. The number of carbonyl (C=O) groups excluding carboxylic acids is 3. The summed E-state index contributed by atoms with van der Waals surface area (Å²) in [6, 6.07) is 13.1. The van der Waals surface area contributed by atoms with Crippen LogP contribution in [0.4, 0.5) is 5.69 Å². The number of benzene rings is 2. The Morgan fingerprint density at radius 2 is 1.92 bits per heavy atom. The van der Waals surface area contributed by atoms with E-state index >= 15 is 0 Å². The lowest BCUT2D eigenvalue weighted by Crippen LogP contribution is -2.54. The molecule has 3 saturated heterocycles. The van der Waals surface area contributed by atoms with Crippen molar-refractivity contribution >= 4 is 23.5 Å². The predicted octanol–water partition coefficient (Wildman–Crippen LogP) is 3.30. The number of esters is 1. The van der Waals surface area contributed by atoms with E-state index in [4.69, 9.17) is 9.47 Å². The first-order chi connectivity index (χ1) is 17.7. The molecular weight excluding hydrogens is 472 g/mol. The number of fused-ring (bicyclic) bond motifs is 1. The highest BCUT2D eigenvalue weighted by atomic mass is 16.6. The number of carbonyl (C=O) groups is 3. The molecule has 6 atom stereocenters. The molecule has 8 heteroatoms. The molecule has 0 saturated carbocycles. The molecular formula is C29H34N2O6. The second-order valence-corrected chi connectivity index (χ2v) is 10.6. The summed E-state index contributed by atoms with van der Waals surface area (Å²) in [5.41, 5.74) is 1.12. The van der Waals surface area contributed by atoms with Gasteiger partial charge in [-0.15, -0.1) is 0 Å². The van der Waals surface area contributed by atoms with E-state index in [0.29, 0.717) is 24.1 Å². The number of ether oxygens (including phenoxy) is 2. The summed E-state index contributed by atoms with van der Waals surface area (Å²) in [4.78, 5) is 43.0. The van der Waals surface area contributed by atoms with Crippen LogP contribution < -0.4 is 5.32 Å². The standard InChI is InChI=1S/C29H34N2O6/c1-5-36-27(35)23-22-26(34)31(21(16-32)19-9-7-6-8-10-19)24(29(22)14-13-28(23,4)37-29)25(33)30-20-15-17(2)11-12-18(20)3/h6-12,15,21-24,32H,5,13-14,16H2,1-4H3,(H,30,33)/t21-,22+,23+,24?,28-,29?/m1/s1. The summed E-state index contributed by atoms with van der Waals surface area (Å²) in [6.07, 6.45) is 0.973. The van der Waals surface area contributed by atoms with Crippen molar-refractivity contribution < 1.29 is 29.0 Å². The first-order valence-corrected chi connectivity index (χ1v) is 12.9. The van der Waals surface area contributed by atoms with Gasteiger partial charge in [0.2, 0.25) is 11.8 Å². The van der Waals surface area contributed by atoms with Crippen LogP contribution in [0.5, 0.6) is 0 Å². The number of aryl methyl sites for hydroxylation is 2. The minimum absolute atomic E-state index is 0.183. The van der Waals surface area contributed by atoms with Crippen LogP contribution in [-0.2, 0) is 23.9 Å². The van der Waals surface area contributed by atoms with Crippen molar-refractivity contribution in [1.82, 2.24) is 4.90 Å². The normalized spacial score (nSPS) is 30.8. The van der Waals surface area contributed by atoms with Crippen LogP contribution in [0.25, 0.3) is 0 Å². The average Bonchev–Trinajstić information content (AvgIpc) is 3.44. The van der Waals surface area contributed by atoms with E-state index in [1.165, 1.54) is 4.90 Å². The number of hydrogen-bond donors (Lipinski definition) is 2. The van der Waals surface area contributed by atoms with Crippen LogP contribution in [0.3, 0.4) is 0 Å². The van der Waals surface area contributed by atoms with Crippen molar-refractivity contribution in [3.8, 4) is 0 Å². The molecule has 2 unspecified atom stereocenters. The van der Waals surface area contributed by atoms with Gasteiger partial charge in [-0.3, -0.25) is 14.4 Å². The predicted molar refractivity (Wildman–Crippen MR) is 137 cm³/mol. The lowest BCUT2D eigenvalue weighted by molar-refractivity contribution is -0.160. The smallest absolute Gasteiger partial charge is 0.312 e. The molecule has 37 heavy (non-hydrogen) atoms. The maximum absolute atomic E-state index is 14.2. The van der Waals surface area contributed by atoms with Crippen molar-refractivity contribution in [2.24, 2.45) is 11.8 Å². The number of rotatable bonds is 7. The second kappa shape index (κ2) is 9.26. The zero-order valence-electron chi connectivity index (χ0n) is 21.7. The number of likely N-dealkylation sites (tertiary alicyclic amines) is 1. The quantitative estimate of drug-likeness (QED) is 0.559. The maximum Gasteiger partial charge on any atom is 0.312 e. The fourth-order valence-corrected chi connectivity index (χ4v) is 6.69. The van der Waals surface area contributed by atoms with Crippen molar-refractivity contribution in [3.05, 3.63) is 65.2 Å². The molecule has 2 amide bonds. The number of amides is 2. The van der Waals surface area contributed by atoms with Crippen molar-refractivity contribution in [3.63, 3.8) is 0 Å². The summed E-state index contributed by atoms with van der Waals surface area (Å²) in [7, 11) is 0. The van der Waals surface area contributed by atoms with Crippen molar-refractivity contribution in [2.75, 3.05) is 18.5 Å². The molecule has 1 spiro atoms. The van der Waals surface area contributed by atoms with Gasteiger partial charge in [0.05, 0.1) is 30.8 Å². The second-order valence-electron chi connectivity index (χ2n) is 10.6. The van der Waals surface area contributed by atoms with E-state index in [9.17, 15) is 19.5 Å². The van der Waals surface area contributed by atoms with Gasteiger partial charge >= 0.3 is 5.97 Å². The van der Waals surface area contributed by atoms with Crippen molar-refractivity contribution in [1.29, 1.82) is 0 Å². The van der Waals surface area contributed by atoms with Gasteiger partial charge in [-0.05, 0) is 63.3 Å².